The number of aliphatic hydroxyl groups is 1. The van der Waals surface area contributed by atoms with E-state index in [0.717, 1.165) is 62.9 Å². The Labute approximate surface area is 204 Å². The Balaban J connectivity index is 1.35. The van der Waals surface area contributed by atoms with E-state index in [0.29, 0.717) is 29.4 Å². The van der Waals surface area contributed by atoms with Crippen LogP contribution in [0.3, 0.4) is 0 Å². The Kier molecular flexibility index (Phi) is 6.71. The van der Waals surface area contributed by atoms with E-state index in [1.54, 1.807) is 0 Å². The van der Waals surface area contributed by atoms with Crippen molar-refractivity contribution >= 4 is 5.78 Å². The quantitative estimate of drug-likeness (QED) is 0.545. The summed E-state index contributed by atoms with van der Waals surface area (Å²) in [5.74, 6) is 4.20. The number of carbonyl (C=O) groups is 1. The van der Waals surface area contributed by atoms with Crippen LogP contribution in [0.2, 0.25) is 0 Å². The molecule has 0 amide bonds. The lowest BCUT2D eigenvalue weighted by atomic mass is 9.48. The monoisotopic (exact) mass is 470 g/mol. The lowest BCUT2D eigenvalue weighted by molar-refractivity contribution is -0.151. The van der Waals surface area contributed by atoms with Gasteiger partial charge < -0.3 is 19.3 Å². The molecule has 1 aliphatic heterocycles. The number of fused-ring (bicyclic) bond motifs is 4. The van der Waals surface area contributed by atoms with Crippen LogP contribution < -0.4 is 9.47 Å². The molecule has 5 rings (SSSR count). The molecule has 3 fully saturated rings. The summed E-state index contributed by atoms with van der Waals surface area (Å²) in [4.78, 5) is 13.5. The summed E-state index contributed by atoms with van der Waals surface area (Å²) < 4.78 is 16.8. The van der Waals surface area contributed by atoms with Crippen LogP contribution in [-0.4, -0.2) is 37.0 Å². The van der Waals surface area contributed by atoms with E-state index in [-0.39, 0.29) is 23.9 Å². The van der Waals surface area contributed by atoms with Gasteiger partial charge in [-0.25, -0.2) is 0 Å². The van der Waals surface area contributed by atoms with Gasteiger partial charge in [-0.2, -0.15) is 0 Å². The third-order valence-corrected chi connectivity index (χ3v) is 9.94. The highest BCUT2D eigenvalue weighted by atomic mass is 16.7. The van der Waals surface area contributed by atoms with Crippen LogP contribution in [0, 0.1) is 35.0 Å². The predicted octanol–water partition coefficient (Wildman–Crippen LogP) is 6.02. The number of ketones is 1. The molecule has 5 nitrogen and oxygen atoms in total. The van der Waals surface area contributed by atoms with Gasteiger partial charge in [0.2, 0.25) is 6.79 Å². The van der Waals surface area contributed by atoms with Gasteiger partial charge in [-0.3, -0.25) is 4.79 Å². The maximum absolute atomic E-state index is 13.5. The van der Waals surface area contributed by atoms with Gasteiger partial charge in [0.15, 0.2) is 17.3 Å². The largest absolute Gasteiger partial charge is 0.454 e. The average Bonchev–Trinajstić information content (AvgIpc) is 3.30. The molecule has 0 unspecified atom stereocenters. The van der Waals surface area contributed by atoms with Crippen LogP contribution in [0.1, 0.15) is 88.4 Å². The number of hydrogen-bond acceptors (Lipinski definition) is 5. The standard InChI is InChI=1S/C29H42O5/c1-19-7-8-20(27(30)21-9-12-25-26(15-21)34-18-33-25)5-4-6-24-23(19)11-10-22-16-28(2,31)13-14-29(22,24)17-32-3/h9,12,15,19-20,22-24,31H,4-8,10-11,13-14,16-18H2,1-3H3/t19-,20+,22-,23-,24-,28+,29+/m0/s1. The van der Waals surface area contributed by atoms with Crippen molar-refractivity contribution in [2.45, 2.75) is 83.7 Å². The molecule has 1 N–H and O–H groups in total. The summed E-state index contributed by atoms with van der Waals surface area (Å²) >= 11 is 0. The van der Waals surface area contributed by atoms with Crippen molar-refractivity contribution < 1.29 is 24.1 Å². The highest BCUT2D eigenvalue weighted by molar-refractivity contribution is 5.98. The molecule has 1 heterocycles. The van der Waals surface area contributed by atoms with E-state index in [1.165, 1.54) is 19.3 Å². The van der Waals surface area contributed by atoms with Crippen molar-refractivity contribution in [2.75, 3.05) is 20.5 Å². The van der Waals surface area contributed by atoms with Gasteiger partial charge in [0.1, 0.15) is 0 Å². The molecule has 3 saturated carbocycles. The number of rotatable bonds is 4. The van der Waals surface area contributed by atoms with E-state index < -0.39 is 5.60 Å². The molecular weight excluding hydrogens is 428 g/mol. The smallest absolute Gasteiger partial charge is 0.231 e. The zero-order valence-corrected chi connectivity index (χ0v) is 21.2. The minimum Gasteiger partial charge on any atom is -0.454 e. The second kappa shape index (κ2) is 9.46. The van der Waals surface area contributed by atoms with Crippen molar-refractivity contribution in [1.29, 1.82) is 0 Å². The maximum Gasteiger partial charge on any atom is 0.231 e. The number of methoxy groups -OCH3 is 1. The molecule has 0 saturated heterocycles. The van der Waals surface area contributed by atoms with Crippen LogP contribution in [0.25, 0.3) is 0 Å². The van der Waals surface area contributed by atoms with Crippen molar-refractivity contribution in [1.82, 2.24) is 0 Å². The molecule has 4 aliphatic rings. The number of ether oxygens (including phenoxy) is 3. The molecule has 1 aromatic rings. The summed E-state index contributed by atoms with van der Waals surface area (Å²) in [6.45, 7) is 5.48. The minimum absolute atomic E-state index is 0.0734. The number of Topliss-reactive ketones (excluding diaryl/α,β-unsaturated/α-hetero) is 1. The van der Waals surface area contributed by atoms with Gasteiger partial charge in [0.25, 0.3) is 0 Å². The van der Waals surface area contributed by atoms with Crippen LogP contribution in [-0.2, 0) is 4.74 Å². The molecule has 0 aromatic heterocycles. The van der Waals surface area contributed by atoms with Gasteiger partial charge in [-0.05, 0) is 112 Å². The Morgan fingerprint density at radius 3 is 2.74 bits per heavy atom. The first-order valence-electron chi connectivity index (χ1n) is 13.5. The van der Waals surface area contributed by atoms with E-state index >= 15 is 0 Å². The fourth-order valence-electron chi connectivity index (χ4n) is 8.14. The van der Waals surface area contributed by atoms with Gasteiger partial charge in [0.05, 0.1) is 12.2 Å². The summed E-state index contributed by atoms with van der Waals surface area (Å²) in [6.07, 6.45) is 10.6. The molecule has 0 radical (unpaired) electrons. The van der Waals surface area contributed by atoms with Gasteiger partial charge >= 0.3 is 0 Å². The summed E-state index contributed by atoms with van der Waals surface area (Å²) in [6, 6.07) is 5.64. The molecular formula is C29H42O5. The van der Waals surface area contributed by atoms with Crippen molar-refractivity contribution in [3.63, 3.8) is 0 Å². The van der Waals surface area contributed by atoms with Gasteiger partial charge in [-0.15, -0.1) is 0 Å². The van der Waals surface area contributed by atoms with E-state index in [9.17, 15) is 9.90 Å². The topological polar surface area (TPSA) is 65.0 Å². The second-order valence-electron chi connectivity index (χ2n) is 12.0. The van der Waals surface area contributed by atoms with Crippen molar-refractivity contribution in [3.05, 3.63) is 23.8 Å². The summed E-state index contributed by atoms with van der Waals surface area (Å²) in [7, 11) is 1.85. The second-order valence-corrected chi connectivity index (χ2v) is 12.0. The normalized spacial score (nSPS) is 39.8. The van der Waals surface area contributed by atoms with E-state index in [2.05, 4.69) is 6.92 Å². The highest BCUT2D eigenvalue weighted by Crippen LogP contribution is 2.60. The fourth-order valence-corrected chi connectivity index (χ4v) is 8.14. The van der Waals surface area contributed by atoms with E-state index in [1.807, 2.05) is 32.2 Å². The number of carbonyl (C=O) groups excluding carboxylic acids is 1. The van der Waals surface area contributed by atoms with Crippen molar-refractivity contribution in [3.8, 4) is 11.5 Å². The molecule has 34 heavy (non-hydrogen) atoms. The Morgan fingerprint density at radius 2 is 1.91 bits per heavy atom. The third-order valence-electron chi connectivity index (χ3n) is 9.94. The van der Waals surface area contributed by atoms with Gasteiger partial charge in [0, 0.05) is 18.6 Å². The fraction of sp³-hybridized carbons (Fsp3) is 0.759. The summed E-state index contributed by atoms with van der Waals surface area (Å²) in [5.41, 5.74) is 0.389. The van der Waals surface area contributed by atoms with Gasteiger partial charge in [-0.1, -0.05) is 13.3 Å². The van der Waals surface area contributed by atoms with Crippen LogP contribution in [0.4, 0.5) is 0 Å². The molecule has 7 atom stereocenters. The first-order valence-corrected chi connectivity index (χ1v) is 13.5. The Morgan fingerprint density at radius 1 is 1.09 bits per heavy atom. The number of benzene rings is 1. The molecule has 5 heteroatoms. The van der Waals surface area contributed by atoms with E-state index in [4.69, 9.17) is 14.2 Å². The SMILES string of the molecule is COC[C@]12CC[C@@](C)(O)C[C@@H]1CC[C@H]1[C@@H](C)CC[C@H](C(=O)c3ccc4c(c3)OCO4)CCC[C@@H]12. The lowest BCUT2D eigenvalue weighted by Crippen LogP contribution is -2.55. The molecule has 0 spiro atoms. The summed E-state index contributed by atoms with van der Waals surface area (Å²) in [5, 5.41) is 10.9. The zero-order chi connectivity index (χ0) is 23.9. The zero-order valence-electron chi connectivity index (χ0n) is 21.2. The average molecular weight is 471 g/mol. The third kappa shape index (κ3) is 4.39. The predicted molar refractivity (Wildman–Crippen MR) is 131 cm³/mol. The Hall–Kier alpha value is -1.59. The first-order chi connectivity index (χ1) is 16.3. The molecule has 1 aromatic carbocycles. The number of hydrogen-bond donors (Lipinski definition) is 1. The first kappa shape index (κ1) is 24.1. The molecule has 188 valence electrons. The maximum atomic E-state index is 13.5. The highest BCUT2D eigenvalue weighted by Gasteiger charge is 2.56. The van der Waals surface area contributed by atoms with Crippen molar-refractivity contribution in [2.24, 2.45) is 35.0 Å². The molecule has 0 bridgehead atoms. The van der Waals surface area contributed by atoms with Crippen LogP contribution >= 0.6 is 0 Å². The molecule has 3 aliphatic carbocycles. The van der Waals surface area contributed by atoms with Crippen LogP contribution in [0.5, 0.6) is 11.5 Å². The van der Waals surface area contributed by atoms with Crippen LogP contribution in [0.15, 0.2) is 18.2 Å². The minimum atomic E-state index is -0.541. The lowest BCUT2D eigenvalue weighted by Gasteiger charge is -2.59. The Bertz CT molecular complexity index is 895.